The number of benzene rings is 2. The molecule has 0 saturated carbocycles. The van der Waals surface area contributed by atoms with E-state index in [9.17, 15) is 9.90 Å². The summed E-state index contributed by atoms with van der Waals surface area (Å²) >= 11 is 0. The minimum atomic E-state index is -1.04. The van der Waals surface area contributed by atoms with Crippen LogP contribution < -0.4 is 15.4 Å². The minimum absolute atomic E-state index is 0.299. The summed E-state index contributed by atoms with van der Waals surface area (Å²) in [7, 11) is 2.84. The number of carbonyl (C=O) groups excluding carboxylic acids is 1. The summed E-state index contributed by atoms with van der Waals surface area (Å²) in [5.41, 5.74) is 1.03. The van der Waals surface area contributed by atoms with E-state index >= 15 is 0 Å². The molecule has 0 amide bonds. The van der Waals surface area contributed by atoms with Gasteiger partial charge in [0.1, 0.15) is 16.9 Å². The van der Waals surface area contributed by atoms with Crippen LogP contribution in [0.1, 0.15) is 35.3 Å². The summed E-state index contributed by atoms with van der Waals surface area (Å²) in [5.74, 6) is 0.573. The Morgan fingerprint density at radius 3 is 2.48 bits per heavy atom. The van der Waals surface area contributed by atoms with Crippen molar-refractivity contribution in [3.63, 3.8) is 0 Å². The molecule has 0 saturated heterocycles. The van der Waals surface area contributed by atoms with Crippen LogP contribution in [-0.2, 0) is 16.9 Å². The molecule has 1 atom stereocenters. The van der Waals surface area contributed by atoms with Crippen molar-refractivity contribution in [2.24, 2.45) is 4.99 Å². The van der Waals surface area contributed by atoms with Gasteiger partial charge in [-0.2, -0.15) is 0 Å². The second-order valence-corrected chi connectivity index (χ2v) is 6.71. The Balaban J connectivity index is 2.10. The van der Waals surface area contributed by atoms with Crippen LogP contribution in [0.5, 0.6) is 5.75 Å². The van der Waals surface area contributed by atoms with Crippen LogP contribution in [0.15, 0.2) is 53.5 Å². The molecule has 29 heavy (non-hydrogen) atoms. The summed E-state index contributed by atoms with van der Waals surface area (Å²) < 4.78 is 10.0. The third-order valence-electron chi connectivity index (χ3n) is 4.43. The van der Waals surface area contributed by atoms with E-state index < -0.39 is 11.6 Å². The molecule has 2 rings (SSSR count). The van der Waals surface area contributed by atoms with Gasteiger partial charge in [0.15, 0.2) is 5.96 Å². The molecule has 0 spiro atoms. The zero-order valence-corrected chi connectivity index (χ0v) is 17.4. The van der Waals surface area contributed by atoms with E-state index in [0.29, 0.717) is 36.9 Å². The second kappa shape index (κ2) is 10.5. The molecular weight excluding hydrogens is 370 g/mol. The van der Waals surface area contributed by atoms with E-state index in [1.807, 2.05) is 43.3 Å². The molecule has 1 unspecified atom stereocenters. The van der Waals surface area contributed by atoms with Gasteiger partial charge in [0.25, 0.3) is 0 Å². The molecule has 156 valence electrons. The van der Waals surface area contributed by atoms with Gasteiger partial charge in [0, 0.05) is 6.54 Å². The lowest BCUT2D eigenvalue weighted by Gasteiger charge is -2.25. The molecule has 3 N–H and O–H groups in total. The van der Waals surface area contributed by atoms with Crippen LogP contribution in [0.25, 0.3) is 0 Å². The topological polar surface area (TPSA) is 92.2 Å². The predicted molar refractivity (Wildman–Crippen MR) is 113 cm³/mol. The molecule has 2 aromatic rings. The van der Waals surface area contributed by atoms with E-state index in [1.165, 1.54) is 14.2 Å². The lowest BCUT2D eigenvalue weighted by Crippen LogP contribution is -2.44. The largest absolute Gasteiger partial charge is 0.496 e. The number of nitrogens with zero attached hydrogens (tertiary/aromatic N) is 1. The number of hydrogen-bond acceptors (Lipinski definition) is 5. The van der Waals surface area contributed by atoms with Crippen molar-refractivity contribution >= 4 is 11.9 Å². The van der Waals surface area contributed by atoms with E-state index in [4.69, 9.17) is 9.47 Å². The molecule has 0 fully saturated rings. The van der Waals surface area contributed by atoms with Crippen molar-refractivity contribution in [1.82, 2.24) is 10.6 Å². The van der Waals surface area contributed by atoms with Gasteiger partial charge >= 0.3 is 5.97 Å². The Bertz CT molecular complexity index is 835. The Morgan fingerprint density at radius 1 is 1.14 bits per heavy atom. The zero-order chi connectivity index (χ0) is 21.3. The van der Waals surface area contributed by atoms with E-state index in [0.717, 1.165) is 11.1 Å². The Kier molecular flexibility index (Phi) is 8.03. The van der Waals surface area contributed by atoms with E-state index in [1.54, 1.807) is 19.1 Å². The molecule has 0 radical (unpaired) electrons. The minimum Gasteiger partial charge on any atom is -0.496 e. The molecule has 7 nitrogen and oxygen atoms in total. The van der Waals surface area contributed by atoms with Crippen LogP contribution in [0.2, 0.25) is 0 Å². The molecule has 0 aliphatic rings. The summed E-state index contributed by atoms with van der Waals surface area (Å²) in [4.78, 5) is 16.3. The Labute approximate surface area is 171 Å². The molecule has 0 aliphatic carbocycles. The van der Waals surface area contributed by atoms with Crippen LogP contribution in [-0.4, -0.2) is 44.3 Å². The van der Waals surface area contributed by atoms with E-state index in [2.05, 4.69) is 15.6 Å². The number of aliphatic imine (C=N–C) groups is 1. The number of guanidine groups is 1. The summed E-state index contributed by atoms with van der Waals surface area (Å²) in [6, 6.07) is 14.7. The second-order valence-electron chi connectivity index (χ2n) is 6.71. The van der Waals surface area contributed by atoms with Gasteiger partial charge in [-0.05, 0) is 37.1 Å². The van der Waals surface area contributed by atoms with Gasteiger partial charge < -0.3 is 25.2 Å². The average molecular weight is 399 g/mol. The van der Waals surface area contributed by atoms with Crippen LogP contribution in [0, 0.1) is 0 Å². The van der Waals surface area contributed by atoms with Gasteiger partial charge in [0.2, 0.25) is 0 Å². The first-order valence-corrected chi connectivity index (χ1v) is 9.46. The fourth-order valence-electron chi connectivity index (χ4n) is 2.78. The Hall–Kier alpha value is -3.06. The number of esters is 1. The van der Waals surface area contributed by atoms with Crippen molar-refractivity contribution in [2.45, 2.75) is 26.0 Å². The molecule has 0 heterocycles. The zero-order valence-electron chi connectivity index (χ0n) is 17.4. The number of ether oxygens (including phenoxy) is 2. The summed E-state index contributed by atoms with van der Waals surface area (Å²) in [5, 5.41) is 17.1. The average Bonchev–Trinajstić information content (AvgIpc) is 2.75. The lowest BCUT2D eigenvalue weighted by molar-refractivity contribution is 0.0595. The van der Waals surface area contributed by atoms with Crippen molar-refractivity contribution < 1.29 is 19.4 Å². The third-order valence-corrected chi connectivity index (χ3v) is 4.43. The highest BCUT2D eigenvalue weighted by Crippen LogP contribution is 2.22. The van der Waals surface area contributed by atoms with E-state index in [-0.39, 0.29) is 0 Å². The molecule has 0 bridgehead atoms. The highest BCUT2D eigenvalue weighted by atomic mass is 16.5. The number of hydrogen-bond donors (Lipinski definition) is 3. The monoisotopic (exact) mass is 399 g/mol. The first kappa shape index (κ1) is 22.2. The quantitative estimate of drug-likeness (QED) is 0.359. The van der Waals surface area contributed by atoms with Crippen LogP contribution in [0.4, 0.5) is 0 Å². The van der Waals surface area contributed by atoms with Gasteiger partial charge in [-0.25, -0.2) is 9.79 Å². The fraction of sp³-hybridized carbons (Fsp3) is 0.364. The number of nitrogens with one attached hydrogen (secondary N) is 2. The highest BCUT2D eigenvalue weighted by Gasteiger charge is 2.23. The SMILES string of the molecule is CCNC(=NCc1ccc(C(=O)OC)c(OC)c1)NCC(C)(O)c1ccccc1. The number of aliphatic hydroxyl groups is 1. The first-order chi connectivity index (χ1) is 13.9. The van der Waals surface area contributed by atoms with Gasteiger partial charge in [-0.3, -0.25) is 0 Å². The number of rotatable bonds is 8. The van der Waals surface area contributed by atoms with Gasteiger partial charge in [0.05, 0.1) is 27.3 Å². The summed E-state index contributed by atoms with van der Waals surface area (Å²) in [6.45, 7) is 5.09. The maximum atomic E-state index is 11.8. The van der Waals surface area contributed by atoms with Crippen molar-refractivity contribution in [3.8, 4) is 5.75 Å². The standard InChI is InChI=1S/C22H29N3O4/c1-5-23-21(25-15-22(2,27)17-9-7-6-8-10-17)24-14-16-11-12-18(20(26)29-4)19(13-16)28-3/h6-13,27H,5,14-15H2,1-4H3,(H2,23,24,25). The maximum Gasteiger partial charge on any atom is 0.341 e. The molecule has 0 aromatic heterocycles. The summed E-state index contributed by atoms with van der Waals surface area (Å²) in [6.07, 6.45) is 0. The van der Waals surface area contributed by atoms with Crippen LogP contribution >= 0.6 is 0 Å². The lowest BCUT2D eigenvalue weighted by atomic mass is 9.96. The molecular formula is C22H29N3O4. The molecule has 7 heteroatoms. The van der Waals surface area contributed by atoms with Crippen LogP contribution in [0.3, 0.4) is 0 Å². The smallest absolute Gasteiger partial charge is 0.341 e. The van der Waals surface area contributed by atoms with Crippen molar-refractivity contribution in [1.29, 1.82) is 0 Å². The van der Waals surface area contributed by atoms with Crippen molar-refractivity contribution in [3.05, 3.63) is 65.2 Å². The first-order valence-electron chi connectivity index (χ1n) is 9.46. The number of carbonyl (C=O) groups is 1. The molecule has 0 aliphatic heterocycles. The van der Waals surface area contributed by atoms with Gasteiger partial charge in [-0.15, -0.1) is 0 Å². The fourth-order valence-corrected chi connectivity index (χ4v) is 2.78. The number of methoxy groups -OCH3 is 2. The third kappa shape index (κ3) is 6.22. The molecule has 2 aromatic carbocycles. The van der Waals surface area contributed by atoms with Crippen molar-refractivity contribution in [2.75, 3.05) is 27.3 Å². The Morgan fingerprint density at radius 2 is 1.86 bits per heavy atom. The highest BCUT2D eigenvalue weighted by molar-refractivity contribution is 5.92. The maximum absolute atomic E-state index is 11.8. The normalized spacial score (nSPS) is 13.3. The predicted octanol–water partition coefficient (Wildman–Crippen LogP) is 2.44. The van der Waals surface area contributed by atoms with Gasteiger partial charge in [-0.1, -0.05) is 36.4 Å².